The van der Waals surface area contributed by atoms with Crippen LogP contribution in [0.4, 0.5) is 5.82 Å². The molecule has 0 saturated heterocycles. The number of nitrogens with one attached hydrogen (secondary N) is 1. The Morgan fingerprint density at radius 2 is 2.36 bits per heavy atom. The van der Waals surface area contributed by atoms with Crippen molar-refractivity contribution in [3.05, 3.63) is 4.88 Å². The fraction of sp³-hybridized carbons (Fsp3) is 0.667. The maximum absolute atomic E-state index is 5.52. The van der Waals surface area contributed by atoms with Crippen molar-refractivity contribution in [3.8, 4) is 0 Å². The van der Waals surface area contributed by atoms with E-state index >= 15 is 0 Å². The zero-order chi connectivity index (χ0) is 8.27. The number of nitrogen functional groups attached to an aromatic ring is 1. The van der Waals surface area contributed by atoms with Gasteiger partial charge in [-0.3, -0.25) is 0 Å². The highest BCUT2D eigenvalue weighted by atomic mass is 32.1. The Hall–Kier alpha value is -0.680. The van der Waals surface area contributed by atoms with Crippen LogP contribution in [-0.2, 0) is 6.54 Å². The van der Waals surface area contributed by atoms with Crippen molar-refractivity contribution in [1.82, 2.24) is 14.9 Å². The molecule has 0 saturated carbocycles. The maximum atomic E-state index is 5.52. The predicted molar refractivity (Wildman–Crippen MR) is 46.3 cm³/mol. The molecule has 62 valence electrons. The van der Waals surface area contributed by atoms with Gasteiger partial charge in [-0.1, -0.05) is 18.3 Å². The number of nitrogens with two attached hydrogens (primary N) is 1. The van der Waals surface area contributed by atoms with Crippen LogP contribution in [0.1, 0.15) is 18.7 Å². The molecule has 5 heteroatoms. The van der Waals surface area contributed by atoms with Gasteiger partial charge in [-0.25, -0.2) is 0 Å². The molecule has 1 rings (SSSR count). The normalized spacial score (nSPS) is 10.8. The fourth-order valence-corrected chi connectivity index (χ4v) is 1.15. The summed E-state index contributed by atoms with van der Waals surface area (Å²) in [6.07, 6.45) is 0. The van der Waals surface area contributed by atoms with E-state index in [-0.39, 0.29) is 0 Å². The molecule has 1 heterocycles. The van der Waals surface area contributed by atoms with Crippen molar-refractivity contribution in [2.24, 2.45) is 0 Å². The summed E-state index contributed by atoms with van der Waals surface area (Å²) in [6, 6.07) is 0.469. The highest BCUT2D eigenvalue weighted by Gasteiger charge is 2.03. The molecule has 0 aliphatic carbocycles. The molecular weight excluding hydrogens is 160 g/mol. The summed E-state index contributed by atoms with van der Waals surface area (Å²) in [5.41, 5.74) is 5.52. The lowest BCUT2D eigenvalue weighted by molar-refractivity contribution is 0.593. The number of aromatic nitrogens is 2. The summed E-state index contributed by atoms with van der Waals surface area (Å²) in [5.74, 6) is 0.545. The van der Waals surface area contributed by atoms with E-state index in [0.29, 0.717) is 11.9 Å². The van der Waals surface area contributed by atoms with Gasteiger partial charge in [-0.05, 0) is 11.5 Å². The molecule has 0 unspecified atom stereocenters. The first-order chi connectivity index (χ1) is 5.20. The Bertz CT molecular complexity index is 220. The monoisotopic (exact) mass is 172 g/mol. The second kappa shape index (κ2) is 3.64. The molecule has 11 heavy (non-hydrogen) atoms. The Morgan fingerprint density at radius 3 is 2.82 bits per heavy atom. The lowest BCUT2D eigenvalue weighted by Gasteiger charge is -2.04. The number of nitrogens with zero attached hydrogens (tertiary/aromatic N) is 2. The highest BCUT2D eigenvalue weighted by molar-refractivity contribution is 7.06. The molecule has 0 spiro atoms. The first-order valence-corrected chi connectivity index (χ1v) is 4.27. The molecule has 0 aliphatic heterocycles. The Kier molecular flexibility index (Phi) is 2.78. The second-order valence-corrected chi connectivity index (χ2v) is 3.46. The van der Waals surface area contributed by atoms with Gasteiger partial charge in [0.05, 0.1) is 4.88 Å². The molecule has 0 aliphatic rings. The first kappa shape index (κ1) is 8.42. The van der Waals surface area contributed by atoms with Crippen molar-refractivity contribution in [2.45, 2.75) is 26.4 Å². The molecule has 1 aromatic rings. The van der Waals surface area contributed by atoms with E-state index in [4.69, 9.17) is 5.73 Å². The third-order valence-electron chi connectivity index (χ3n) is 1.26. The summed E-state index contributed by atoms with van der Waals surface area (Å²) in [4.78, 5) is 1.01. The minimum atomic E-state index is 0.469. The van der Waals surface area contributed by atoms with E-state index in [1.54, 1.807) is 0 Å². The molecule has 0 fully saturated rings. The van der Waals surface area contributed by atoms with Gasteiger partial charge < -0.3 is 11.1 Å². The van der Waals surface area contributed by atoms with Gasteiger partial charge in [-0.2, -0.15) is 0 Å². The minimum Gasteiger partial charge on any atom is -0.381 e. The summed E-state index contributed by atoms with van der Waals surface area (Å²) < 4.78 is 3.73. The van der Waals surface area contributed by atoms with Crippen LogP contribution in [0.3, 0.4) is 0 Å². The zero-order valence-corrected chi connectivity index (χ0v) is 7.48. The average molecular weight is 172 g/mol. The number of hydrogen-bond donors (Lipinski definition) is 2. The van der Waals surface area contributed by atoms with Gasteiger partial charge in [0.15, 0.2) is 5.82 Å². The predicted octanol–water partition coefficient (Wildman–Crippen LogP) is 0.618. The summed E-state index contributed by atoms with van der Waals surface area (Å²) in [5, 5.41) is 6.94. The average Bonchev–Trinajstić information content (AvgIpc) is 2.31. The summed E-state index contributed by atoms with van der Waals surface area (Å²) >= 11 is 1.34. The third-order valence-corrected chi connectivity index (χ3v) is 1.99. The standard InChI is InChI=1S/C6H12N4S/c1-4(2)8-3-5-6(7)9-10-11-5/h4,8H,3,7H2,1-2H3. The van der Waals surface area contributed by atoms with Gasteiger partial charge in [-0.15, -0.1) is 5.10 Å². The van der Waals surface area contributed by atoms with Crippen LogP contribution >= 0.6 is 11.5 Å². The van der Waals surface area contributed by atoms with Gasteiger partial charge in [0.2, 0.25) is 0 Å². The molecule has 3 N–H and O–H groups in total. The van der Waals surface area contributed by atoms with Gasteiger partial charge in [0.25, 0.3) is 0 Å². The highest BCUT2D eigenvalue weighted by Crippen LogP contribution is 2.11. The third kappa shape index (κ3) is 2.44. The maximum Gasteiger partial charge on any atom is 0.163 e. The van der Waals surface area contributed by atoms with Crippen LogP contribution in [-0.4, -0.2) is 15.6 Å². The molecule has 0 radical (unpaired) electrons. The number of hydrogen-bond acceptors (Lipinski definition) is 5. The smallest absolute Gasteiger partial charge is 0.163 e. The second-order valence-electron chi connectivity index (χ2n) is 2.62. The van der Waals surface area contributed by atoms with E-state index in [1.807, 2.05) is 0 Å². The van der Waals surface area contributed by atoms with E-state index in [9.17, 15) is 0 Å². The van der Waals surface area contributed by atoms with Crippen molar-refractivity contribution >= 4 is 17.4 Å². The van der Waals surface area contributed by atoms with Crippen LogP contribution in [0.15, 0.2) is 0 Å². The Morgan fingerprint density at radius 1 is 1.64 bits per heavy atom. The topological polar surface area (TPSA) is 63.8 Å². The quantitative estimate of drug-likeness (QED) is 0.701. The SMILES string of the molecule is CC(C)NCc1snnc1N. The van der Waals surface area contributed by atoms with E-state index in [1.165, 1.54) is 11.5 Å². The van der Waals surface area contributed by atoms with Crippen LogP contribution in [0.2, 0.25) is 0 Å². The van der Waals surface area contributed by atoms with Gasteiger partial charge in [0, 0.05) is 12.6 Å². The lowest BCUT2D eigenvalue weighted by atomic mass is 10.4. The first-order valence-electron chi connectivity index (χ1n) is 3.50. The van der Waals surface area contributed by atoms with Crippen molar-refractivity contribution in [3.63, 3.8) is 0 Å². The van der Waals surface area contributed by atoms with Crippen LogP contribution in [0.25, 0.3) is 0 Å². The van der Waals surface area contributed by atoms with E-state index in [0.717, 1.165) is 11.4 Å². The van der Waals surface area contributed by atoms with Gasteiger partial charge in [0.1, 0.15) is 0 Å². The van der Waals surface area contributed by atoms with Crippen LogP contribution < -0.4 is 11.1 Å². The van der Waals surface area contributed by atoms with Gasteiger partial charge >= 0.3 is 0 Å². The molecule has 0 amide bonds. The van der Waals surface area contributed by atoms with E-state index < -0.39 is 0 Å². The van der Waals surface area contributed by atoms with Crippen molar-refractivity contribution in [2.75, 3.05) is 5.73 Å². The number of anilines is 1. The zero-order valence-electron chi connectivity index (χ0n) is 6.66. The Balaban J connectivity index is 2.44. The summed E-state index contributed by atoms with van der Waals surface area (Å²) in [7, 11) is 0. The molecule has 0 bridgehead atoms. The van der Waals surface area contributed by atoms with Crippen LogP contribution in [0.5, 0.6) is 0 Å². The molecule has 0 aromatic carbocycles. The van der Waals surface area contributed by atoms with Crippen molar-refractivity contribution in [1.29, 1.82) is 0 Å². The van der Waals surface area contributed by atoms with E-state index in [2.05, 4.69) is 28.8 Å². The molecule has 1 aromatic heterocycles. The number of rotatable bonds is 3. The van der Waals surface area contributed by atoms with Crippen LogP contribution in [0, 0.1) is 0 Å². The fourth-order valence-electron chi connectivity index (χ4n) is 0.636. The van der Waals surface area contributed by atoms with Crippen molar-refractivity contribution < 1.29 is 0 Å². The largest absolute Gasteiger partial charge is 0.381 e. The summed E-state index contributed by atoms with van der Waals surface area (Å²) in [6.45, 7) is 4.94. The lowest BCUT2D eigenvalue weighted by Crippen LogP contribution is -2.21. The molecule has 4 nitrogen and oxygen atoms in total. The molecular formula is C6H12N4S. The Labute approximate surface area is 70.0 Å². The minimum absolute atomic E-state index is 0.469. The molecule has 0 atom stereocenters.